The maximum Gasteiger partial charge on any atom is 0.234 e. The monoisotopic (exact) mass is 228 g/mol. The predicted octanol–water partition coefficient (Wildman–Crippen LogP) is 1.33. The second kappa shape index (κ2) is 6.86. The van der Waals surface area contributed by atoms with Crippen molar-refractivity contribution in [1.29, 1.82) is 0 Å². The van der Waals surface area contributed by atoms with Crippen LogP contribution in [0.15, 0.2) is 0 Å². The van der Waals surface area contributed by atoms with Crippen LogP contribution in [0.1, 0.15) is 51.9 Å². The molecule has 1 amide bonds. The molecule has 0 aromatic rings. The molecule has 0 saturated heterocycles. The standard InChI is InChI=1S/C12H24N2O2/c1-2-3-4-5-10-9(6-7-11(10)15)8-12(16)14-13/h9-11,15H,2-8,13H2,1H3,(H,14,16)/t9-,10+,11-/m0/s1. The van der Waals surface area contributed by atoms with Gasteiger partial charge in [-0.15, -0.1) is 0 Å². The van der Waals surface area contributed by atoms with Gasteiger partial charge in [0, 0.05) is 6.42 Å². The van der Waals surface area contributed by atoms with Gasteiger partial charge in [-0.05, 0) is 31.1 Å². The summed E-state index contributed by atoms with van der Waals surface area (Å²) < 4.78 is 0. The zero-order valence-electron chi connectivity index (χ0n) is 10.1. The molecule has 1 rings (SSSR count). The Morgan fingerprint density at radius 3 is 2.81 bits per heavy atom. The van der Waals surface area contributed by atoms with Gasteiger partial charge < -0.3 is 5.11 Å². The molecule has 0 aliphatic heterocycles. The number of aliphatic hydroxyl groups is 1. The first-order chi connectivity index (χ1) is 7.69. The lowest BCUT2D eigenvalue weighted by molar-refractivity contribution is -0.122. The highest BCUT2D eigenvalue weighted by Gasteiger charge is 2.35. The maximum atomic E-state index is 11.2. The van der Waals surface area contributed by atoms with E-state index >= 15 is 0 Å². The van der Waals surface area contributed by atoms with Gasteiger partial charge in [0.2, 0.25) is 5.91 Å². The number of aliphatic hydroxyl groups excluding tert-OH is 1. The van der Waals surface area contributed by atoms with Crippen LogP contribution in [0.5, 0.6) is 0 Å². The number of hydrazine groups is 1. The number of hydrogen-bond donors (Lipinski definition) is 3. The molecule has 0 bridgehead atoms. The van der Waals surface area contributed by atoms with Crippen LogP contribution in [0.25, 0.3) is 0 Å². The highest BCUT2D eigenvalue weighted by Crippen LogP contribution is 2.37. The fourth-order valence-corrected chi connectivity index (χ4v) is 2.74. The van der Waals surface area contributed by atoms with Gasteiger partial charge in [-0.2, -0.15) is 0 Å². The molecular weight excluding hydrogens is 204 g/mol. The van der Waals surface area contributed by atoms with Crippen molar-refractivity contribution in [2.45, 2.75) is 58.0 Å². The number of nitrogens with one attached hydrogen (secondary N) is 1. The van der Waals surface area contributed by atoms with Gasteiger partial charge in [-0.25, -0.2) is 5.84 Å². The Balaban J connectivity index is 2.39. The Kier molecular flexibility index (Phi) is 5.77. The molecule has 4 nitrogen and oxygen atoms in total. The van der Waals surface area contributed by atoms with Gasteiger partial charge in [-0.3, -0.25) is 10.2 Å². The fourth-order valence-electron chi connectivity index (χ4n) is 2.74. The van der Waals surface area contributed by atoms with E-state index in [0.717, 1.165) is 25.7 Å². The molecule has 0 aromatic heterocycles. The molecule has 1 fully saturated rings. The smallest absolute Gasteiger partial charge is 0.234 e. The first-order valence-corrected chi connectivity index (χ1v) is 6.36. The number of carbonyl (C=O) groups excluding carboxylic acids is 1. The van der Waals surface area contributed by atoms with Crippen molar-refractivity contribution in [3.63, 3.8) is 0 Å². The molecule has 16 heavy (non-hydrogen) atoms. The first-order valence-electron chi connectivity index (χ1n) is 6.36. The zero-order chi connectivity index (χ0) is 12.0. The molecule has 4 heteroatoms. The second-order valence-corrected chi connectivity index (χ2v) is 4.84. The van der Waals surface area contributed by atoms with Crippen molar-refractivity contribution < 1.29 is 9.90 Å². The van der Waals surface area contributed by atoms with Gasteiger partial charge in [-0.1, -0.05) is 26.2 Å². The minimum absolute atomic E-state index is 0.111. The van der Waals surface area contributed by atoms with Crippen LogP contribution in [-0.4, -0.2) is 17.1 Å². The third kappa shape index (κ3) is 3.76. The molecule has 0 spiro atoms. The van der Waals surface area contributed by atoms with E-state index in [-0.39, 0.29) is 12.0 Å². The largest absolute Gasteiger partial charge is 0.393 e. The Hall–Kier alpha value is -0.610. The van der Waals surface area contributed by atoms with Crippen LogP contribution < -0.4 is 11.3 Å². The van der Waals surface area contributed by atoms with Crippen LogP contribution in [0.4, 0.5) is 0 Å². The molecule has 1 saturated carbocycles. The SMILES string of the molecule is CCCCC[C@@H]1[C@H](CC(=O)NN)CC[C@@H]1O. The van der Waals surface area contributed by atoms with Crippen molar-refractivity contribution in [3.8, 4) is 0 Å². The van der Waals surface area contributed by atoms with E-state index in [2.05, 4.69) is 12.3 Å². The molecule has 94 valence electrons. The molecule has 0 radical (unpaired) electrons. The summed E-state index contributed by atoms with van der Waals surface area (Å²) in [6.45, 7) is 2.17. The molecule has 3 atom stereocenters. The quantitative estimate of drug-likeness (QED) is 0.278. The number of rotatable bonds is 6. The van der Waals surface area contributed by atoms with Crippen LogP contribution in [0, 0.1) is 11.8 Å². The Bertz CT molecular complexity index is 221. The molecule has 0 heterocycles. The van der Waals surface area contributed by atoms with E-state index in [1.807, 2.05) is 0 Å². The lowest BCUT2D eigenvalue weighted by atomic mass is 9.87. The van der Waals surface area contributed by atoms with E-state index < -0.39 is 0 Å². The minimum atomic E-state index is -0.215. The summed E-state index contributed by atoms with van der Waals surface area (Å²) in [4.78, 5) is 11.2. The highest BCUT2D eigenvalue weighted by molar-refractivity contribution is 5.75. The molecule has 1 aliphatic rings. The summed E-state index contributed by atoms with van der Waals surface area (Å²) in [7, 11) is 0. The third-order valence-corrected chi connectivity index (χ3v) is 3.68. The van der Waals surface area contributed by atoms with Gasteiger partial charge in [0.15, 0.2) is 0 Å². The van der Waals surface area contributed by atoms with Crippen molar-refractivity contribution in [2.75, 3.05) is 0 Å². The summed E-state index contributed by atoms with van der Waals surface area (Å²) >= 11 is 0. The molecule has 0 unspecified atom stereocenters. The van der Waals surface area contributed by atoms with E-state index in [1.165, 1.54) is 12.8 Å². The van der Waals surface area contributed by atoms with Gasteiger partial charge in [0.25, 0.3) is 0 Å². The molecular formula is C12H24N2O2. The minimum Gasteiger partial charge on any atom is -0.393 e. The van der Waals surface area contributed by atoms with E-state index in [1.54, 1.807) is 0 Å². The topological polar surface area (TPSA) is 75.4 Å². The van der Waals surface area contributed by atoms with Crippen molar-refractivity contribution in [3.05, 3.63) is 0 Å². The number of nitrogens with two attached hydrogens (primary N) is 1. The van der Waals surface area contributed by atoms with Crippen molar-refractivity contribution in [2.24, 2.45) is 17.7 Å². The summed E-state index contributed by atoms with van der Waals surface area (Å²) in [6, 6.07) is 0. The summed E-state index contributed by atoms with van der Waals surface area (Å²) in [5.74, 6) is 5.59. The van der Waals surface area contributed by atoms with E-state index in [9.17, 15) is 9.90 Å². The van der Waals surface area contributed by atoms with Crippen LogP contribution in [0.2, 0.25) is 0 Å². The Labute approximate surface area is 97.6 Å². The number of unbranched alkanes of at least 4 members (excludes halogenated alkanes) is 2. The van der Waals surface area contributed by atoms with Crippen molar-refractivity contribution >= 4 is 5.91 Å². The lowest BCUT2D eigenvalue weighted by Crippen LogP contribution is -2.33. The fraction of sp³-hybridized carbons (Fsp3) is 0.917. The number of hydrogen-bond acceptors (Lipinski definition) is 3. The van der Waals surface area contributed by atoms with Crippen LogP contribution >= 0.6 is 0 Å². The number of amides is 1. The molecule has 4 N–H and O–H groups in total. The Morgan fingerprint density at radius 2 is 2.19 bits per heavy atom. The number of carbonyl (C=O) groups is 1. The summed E-state index contributed by atoms with van der Waals surface area (Å²) in [5.41, 5.74) is 2.17. The summed E-state index contributed by atoms with van der Waals surface area (Å²) in [6.07, 6.45) is 6.62. The highest BCUT2D eigenvalue weighted by atomic mass is 16.3. The molecule has 0 aromatic carbocycles. The Morgan fingerprint density at radius 1 is 1.44 bits per heavy atom. The van der Waals surface area contributed by atoms with Crippen molar-refractivity contribution in [1.82, 2.24) is 5.43 Å². The molecule has 1 aliphatic carbocycles. The van der Waals surface area contributed by atoms with Crippen LogP contribution in [0.3, 0.4) is 0 Å². The zero-order valence-corrected chi connectivity index (χ0v) is 10.1. The van der Waals surface area contributed by atoms with E-state index in [0.29, 0.717) is 18.3 Å². The third-order valence-electron chi connectivity index (χ3n) is 3.68. The summed E-state index contributed by atoms with van der Waals surface area (Å²) in [5, 5.41) is 9.88. The normalized spacial score (nSPS) is 29.3. The average molecular weight is 228 g/mol. The lowest BCUT2D eigenvalue weighted by Gasteiger charge is -2.21. The van der Waals surface area contributed by atoms with E-state index in [4.69, 9.17) is 5.84 Å². The van der Waals surface area contributed by atoms with Gasteiger partial charge >= 0.3 is 0 Å². The maximum absolute atomic E-state index is 11.2. The van der Waals surface area contributed by atoms with Gasteiger partial charge in [0.05, 0.1) is 6.10 Å². The average Bonchev–Trinajstić information content (AvgIpc) is 2.61. The van der Waals surface area contributed by atoms with Gasteiger partial charge in [0.1, 0.15) is 0 Å². The second-order valence-electron chi connectivity index (χ2n) is 4.84. The first kappa shape index (κ1) is 13.5. The van der Waals surface area contributed by atoms with Crippen LogP contribution in [-0.2, 0) is 4.79 Å². The predicted molar refractivity (Wildman–Crippen MR) is 63.3 cm³/mol.